The number of ether oxygens (including phenoxy) is 3. The van der Waals surface area contributed by atoms with E-state index in [1.54, 1.807) is 0 Å². The van der Waals surface area contributed by atoms with Crippen molar-refractivity contribution in [2.24, 2.45) is 17.8 Å². The van der Waals surface area contributed by atoms with Crippen LogP contribution >= 0.6 is 0 Å². The zero-order valence-corrected chi connectivity index (χ0v) is 36.1. The molecule has 2 fully saturated rings. The van der Waals surface area contributed by atoms with E-state index in [0.717, 1.165) is 75.8 Å². The average molecular weight is 807 g/mol. The highest BCUT2D eigenvalue weighted by atomic mass is 16.5. The second kappa shape index (κ2) is 18.0. The Balaban J connectivity index is 0.881. The smallest absolute Gasteiger partial charge is 0.193 e. The molecule has 0 saturated heterocycles. The molecule has 7 aromatic rings. The first kappa shape index (κ1) is 40.5. The van der Waals surface area contributed by atoms with Crippen LogP contribution in [0.5, 0.6) is 23.0 Å². The summed E-state index contributed by atoms with van der Waals surface area (Å²) >= 11 is 0. The minimum atomic E-state index is 0.0125. The third kappa shape index (κ3) is 9.55. The molecule has 2 aliphatic rings. The lowest BCUT2D eigenvalue weighted by atomic mass is 9.79. The zero-order chi connectivity index (χ0) is 41.9. The number of hydrogen-bond donors (Lipinski definition) is 0. The van der Waals surface area contributed by atoms with Gasteiger partial charge in [-0.2, -0.15) is 0 Å². The van der Waals surface area contributed by atoms with Crippen molar-refractivity contribution in [3.8, 4) is 23.0 Å². The van der Waals surface area contributed by atoms with E-state index in [-0.39, 0.29) is 5.78 Å². The van der Waals surface area contributed by atoms with E-state index in [2.05, 4.69) is 113 Å². The minimum Gasteiger partial charge on any atom is -0.493 e. The van der Waals surface area contributed by atoms with Gasteiger partial charge in [0.05, 0.1) is 6.61 Å². The molecule has 0 aliphatic heterocycles. The molecular formula is C57H58O4. The van der Waals surface area contributed by atoms with E-state index >= 15 is 0 Å². The van der Waals surface area contributed by atoms with Gasteiger partial charge in [0.1, 0.15) is 29.1 Å². The molecule has 0 heterocycles. The van der Waals surface area contributed by atoms with E-state index in [1.165, 1.54) is 42.4 Å². The Morgan fingerprint density at radius 1 is 0.541 bits per heavy atom. The Hall–Kier alpha value is -5.87. The molecule has 0 spiro atoms. The molecule has 4 heteroatoms. The second-order valence-electron chi connectivity index (χ2n) is 18.4. The largest absolute Gasteiger partial charge is 0.493 e. The van der Waals surface area contributed by atoms with Crippen LogP contribution in [-0.4, -0.2) is 18.5 Å². The molecule has 2 bridgehead atoms. The van der Waals surface area contributed by atoms with Crippen LogP contribution in [0.4, 0.5) is 0 Å². The predicted molar refractivity (Wildman–Crippen MR) is 250 cm³/mol. The maximum atomic E-state index is 13.6. The lowest BCUT2D eigenvalue weighted by Gasteiger charge is -2.26. The Morgan fingerprint density at radius 3 is 1.72 bits per heavy atom. The summed E-state index contributed by atoms with van der Waals surface area (Å²) < 4.78 is 19.0. The molecule has 6 atom stereocenters. The first-order chi connectivity index (χ1) is 29.7. The fourth-order valence-electron chi connectivity index (χ4n) is 9.90. The van der Waals surface area contributed by atoms with E-state index in [4.69, 9.17) is 14.2 Å². The van der Waals surface area contributed by atoms with Crippen LogP contribution in [0.1, 0.15) is 117 Å². The maximum Gasteiger partial charge on any atom is 0.193 e. The number of benzene rings is 7. The maximum absolute atomic E-state index is 13.6. The van der Waals surface area contributed by atoms with Gasteiger partial charge in [0.2, 0.25) is 0 Å². The first-order valence-electron chi connectivity index (χ1n) is 22.6. The molecular weight excluding hydrogens is 749 g/mol. The summed E-state index contributed by atoms with van der Waals surface area (Å²) in [4.78, 5) is 13.6. The van der Waals surface area contributed by atoms with Gasteiger partial charge in [-0.1, -0.05) is 119 Å². The molecule has 0 N–H and O–H groups in total. The van der Waals surface area contributed by atoms with Crippen molar-refractivity contribution in [3.63, 3.8) is 0 Å². The van der Waals surface area contributed by atoms with Crippen LogP contribution in [0.3, 0.4) is 0 Å². The summed E-state index contributed by atoms with van der Waals surface area (Å²) in [6, 6.07) is 52.4. The van der Waals surface area contributed by atoms with Crippen LogP contribution in [0.25, 0.3) is 21.5 Å². The Bertz CT molecular complexity index is 2590. The number of carbonyl (C=O) groups excluding carboxylic acids is 1. The van der Waals surface area contributed by atoms with Gasteiger partial charge in [-0.25, -0.2) is 0 Å². The van der Waals surface area contributed by atoms with Crippen LogP contribution < -0.4 is 14.2 Å². The molecule has 310 valence electrons. The monoisotopic (exact) mass is 806 g/mol. The SMILES string of the molecule is CC(C)COc1ccc(C(C)CC(CC(C)c2ccc(Oc3ccc4ccc(C(=O)c5ccc6ccccc6c5)cc4c3)cc2)c2ccc(OC3CC4CCC3C4)cc2)cc1. The van der Waals surface area contributed by atoms with E-state index in [1.807, 2.05) is 66.7 Å². The number of fused-ring (bicyclic) bond motifs is 4. The van der Waals surface area contributed by atoms with Gasteiger partial charge < -0.3 is 14.2 Å². The van der Waals surface area contributed by atoms with Gasteiger partial charge in [-0.05, 0) is 173 Å². The van der Waals surface area contributed by atoms with Crippen molar-refractivity contribution >= 4 is 27.3 Å². The number of hydrogen-bond acceptors (Lipinski definition) is 4. The molecule has 0 amide bonds. The summed E-state index contributed by atoms with van der Waals surface area (Å²) in [6.07, 6.45) is 7.72. The van der Waals surface area contributed by atoms with Crippen molar-refractivity contribution in [1.82, 2.24) is 0 Å². The highest BCUT2D eigenvalue weighted by Gasteiger charge is 2.41. The quantitative estimate of drug-likeness (QED) is 0.0913. The molecule has 9 rings (SSSR count). The fourth-order valence-corrected chi connectivity index (χ4v) is 9.90. The molecule has 6 unspecified atom stereocenters. The lowest BCUT2D eigenvalue weighted by molar-refractivity contribution is 0.103. The normalized spacial score (nSPS) is 18.6. The number of rotatable bonds is 16. The highest BCUT2D eigenvalue weighted by Crippen LogP contribution is 2.46. The molecule has 0 aromatic heterocycles. The summed E-state index contributed by atoms with van der Waals surface area (Å²) in [6.45, 7) is 9.79. The van der Waals surface area contributed by atoms with Gasteiger partial charge in [0.25, 0.3) is 0 Å². The van der Waals surface area contributed by atoms with Crippen molar-refractivity contribution in [3.05, 3.63) is 179 Å². The third-order valence-corrected chi connectivity index (χ3v) is 13.4. The predicted octanol–water partition coefficient (Wildman–Crippen LogP) is 15.1. The van der Waals surface area contributed by atoms with E-state index in [0.29, 0.717) is 40.9 Å². The fraction of sp³-hybridized carbons (Fsp3) is 0.316. The molecule has 7 aromatic carbocycles. The van der Waals surface area contributed by atoms with Crippen molar-refractivity contribution < 1.29 is 19.0 Å². The van der Waals surface area contributed by atoms with Gasteiger partial charge in [0.15, 0.2) is 5.78 Å². The number of carbonyl (C=O) groups is 1. The van der Waals surface area contributed by atoms with Crippen molar-refractivity contribution in [2.75, 3.05) is 6.61 Å². The first-order valence-corrected chi connectivity index (χ1v) is 22.6. The Morgan fingerprint density at radius 2 is 1.10 bits per heavy atom. The Labute approximate surface area is 361 Å². The summed E-state index contributed by atoms with van der Waals surface area (Å²) in [5, 5.41) is 4.21. The summed E-state index contributed by atoms with van der Waals surface area (Å²) in [7, 11) is 0. The van der Waals surface area contributed by atoms with Crippen LogP contribution in [-0.2, 0) is 0 Å². The van der Waals surface area contributed by atoms with E-state index < -0.39 is 0 Å². The lowest BCUT2D eigenvalue weighted by Crippen LogP contribution is -2.23. The van der Waals surface area contributed by atoms with Gasteiger partial charge in [-0.3, -0.25) is 4.79 Å². The van der Waals surface area contributed by atoms with Gasteiger partial charge in [0, 0.05) is 11.1 Å². The number of ketones is 1. The molecule has 2 aliphatic carbocycles. The zero-order valence-electron chi connectivity index (χ0n) is 36.1. The van der Waals surface area contributed by atoms with Gasteiger partial charge >= 0.3 is 0 Å². The average Bonchev–Trinajstić information content (AvgIpc) is 3.92. The summed E-state index contributed by atoms with van der Waals surface area (Å²) in [5.41, 5.74) is 5.36. The van der Waals surface area contributed by atoms with E-state index in [9.17, 15) is 4.79 Å². The molecule has 4 nitrogen and oxygen atoms in total. The molecule has 61 heavy (non-hydrogen) atoms. The third-order valence-electron chi connectivity index (χ3n) is 13.4. The highest BCUT2D eigenvalue weighted by molar-refractivity contribution is 6.12. The Kier molecular flexibility index (Phi) is 12.0. The summed E-state index contributed by atoms with van der Waals surface area (Å²) in [5.74, 6) is 6.67. The van der Waals surface area contributed by atoms with Gasteiger partial charge in [-0.15, -0.1) is 0 Å². The van der Waals surface area contributed by atoms with Crippen LogP contribution in [0.2, 0.25) is 0 Å². The molecule has 2 saturated carbocycles. The topological polar surface area (TPSA) is 44.8 Å². The van der Waals surface area contributed by atoms with Crippen molar-refractivity contribution in [1.29, 1.82) is 0 Å². The minimum absolute atomic E-state index is 0.0125. The molecule has 0 radical (unpaired) electrons. The van der Waals surface area contributed by atoms with Crippen LogP contribution in [0.15, 0.2) is 152 Å². The van der Waals surface area contributed by atoms with Crippen molar-refractivity contribution in [2.45, 2.75) is 90.1 Å². The second-order valence-corrected chi connectivity index (χ2v) is 18.4. The van der Waals surface area contributed by atoms with Crippen LogP contribution in [0, 0.1) is 17.8 Å². The standard InChI is InChI=1S/C57H58O4/c1-37(2)36-59-52-22-15-41(16-23-52)38(3)29-50(45-19-26-54(27-20-45)61-56-32-40-9-10-47(56)31-40)30-39(4)42-17-24-53(25-18-42)60-55-28-21-44-12-14-49(34-51(44)35-55)57(58)48-13-11-43-7-5-6-8-46(43)33-48/h5-8,11-28,33-35,37-40,47,50,56H,9-10,29-32,36H2,1-4H3.